The molecule has 1 aromatic carbocycles. The van der Waals surface area contributed by atoms with Crippen LogP contribution in [-0.4, -0.2) is 47.6 Å². The molecule has 2 fully saturated rings. The summed E-state index contributed by atoms with van der Waals surface area (Å²) in [6, 6.07) is 10.2. The van der Waals surface area contributed by atoms with Crippen molar-refractivity contribution >= 4 is 25.1 Å². The minimum atomic E-state index is -0.202. The van der Waals surface area contributed by atoms with Gasteiger partial charge in [0.1, 0.15) is 13.5 Å². The van der Waals surface area contributed by atoms with E-state index in [1.807, 2.05) is 13.0 Å². The van der Waals surface area contributed by atoms with Crippen LogP contribution in [0.1, 0.15) is 63.4 Å². The molecule has 1 aromatic rings. The number of benzene rings is 1. The average molecular weight is 423 g/mol. The molecule has 2 atom stereocenters. The largest absolute Gasteiger partial charge is 0.331 e. The maximum Gasteiger partial charge on any atom is 0.291 e. The molecule has 0 bridgehead atoms. The predicted octanol–water partition coefficient (Wildman–Crippen LogP) is 4.73. The molecule has 160 valence electrons. The van der Waals surface area contributed by atoms with Crippen LogP contribution in [0.4, 0.5) is 5.69 Å². The topological polar surface area (TPSA) is 48.0 Å². The highest BCUT2D eigenvalue weighted by Gasteiger charge is 2.51. The van der Waals surface area contributed by atoms with Crippen LogP contribution in [0, 0.1) is 12.5 Å². The Kier molecular flexibility index (Phi) is 4.92. The number of rotatable bonds is 3. The van der Waals surface area contributed by atoms with Crippen molar-refractivity contribution in [2.75, 3.05) is 6.54 Å². The van der Waals surface area contributed by atoms with E-state index in [9.17, 15) is 4.79 Å². The van der Waals surface area contributed by atoms with Crippen LogP contribution in [-0.2, 0) is 4.79 Å². The predicted molar refractivity (Wildman–Crippen MR) is 125 cm³/mol. The van der Waals surface area contributed by atoms with Crippen LogP contribution in [0.5, 0.6) is 0 Å². The summed E-state index contributed by atoms with van der Waals surface area (Å²) in [5.41, 5.74) is 6.27. The first-order valence-corrected chi connectivity index (χ1v) is 12.0. The van der Waals surface area contributed by atoms with E-state index in [1.54, 1.807) is 6.42 Å². The van der Waals surface area contributed by atoms with Crippen LogP contribution in [0.15, 0.2) is 57.3 Å². The van der Waals surface area contributed by atoms with Gasteiger partial charge < -0.3 is 4.90 Å². The van der Waals surface area contributed by atoms with Gasteiger partial charge >= 0.3 is 0 Å². The van der Waals surface area contributed by atoms with E-state index in [0.717, 1.165) is 49.3 Å². The van der Waals surface area contributed by atoms with Gasteiger partial charge in [0.15, 0.2) is 0 Å². The van der Waals surface area contributed by atoms with Gasteiger partial charge in [0.2, 0.25) is 5.69 Å². The highest BCUT2D eigenvalue weighted by atomic mass is 16.2. The van der Waals surface area contributed by atoms with E-state index in [4.69, 9.17) is 13.0 Å². The number of dihydropyridines is 1. The Hall–Kier alpha value is -2.50. The van der Waals surface area contributed by atoms with E-state index in [-0.39, 0.29) is 18.0 Å². The molecule has 1 saturated carbocycles. The molecule has 0 aromatic heterocycles. The van der Waals surface area contributed by atoms with Crippen LogP contribution in [0.2, 0.25) is 0 Å². The summed E-state index contributed by atoms with van der Waals surface area (Å²) < 4.78 is 2.16. The first-order chi connectivity index (χ1) is 15.6. The molecule has 5 nitrogen and oxygen atoms in total. The number of piperidine rings is 1. The fourth-order valence-electron chi connectivity index (χ4n) is 5.62. The second-order valence-electron chi connectivity index (χ2n) is 9.61. The Morgan fingerprint density at radius 2 is 1.94 bits per heavy atom. The second kappa shape index (κ2) is 7.82. The fourth-order valence-corrected chi connectivity index (χ4v) is 5.62. The summed E-state index contributed by atoms with van der Waals surface area (Å²) in [4.78, 5) is 20.1. The first-order valence-electron chi connectivity index (χ1n) is 12.0. The molecule has 3 aliphatic heterocycles. The molecule has 0 N–H and O–H groups in total. The zero-order valence-corrected chi connectivity index (χ0v) is 18.6. The number of azo groups is 2. The van der Waals surface area contributed by atoms with Crippen molar-refractivity contribution in [1.82, 2.24) is 4.90 Å². The minimum Gasteiger partial charge on any atom is -0.331 e. The Labute approximate surface area is 191 Å². The zero-order chi connectivity index (χ0) is 21.8. The molecular formula is C26H28BN4O+. The van der Waals surface area contributed by atoms with Gasteiger partial charge in [-0.05, 0) is 61.2 Å². The van der Waals surface area contributed by atoms with E-state index < -0.39 is 0 Å². The summed E-state index contributed by atoms with van der Waals surface area (Å²) >= 11 is 0. The SMILES string of the molecule is [B]C1=NC(C)C(C(=O)N2CC[C]3C4=C(CCCCC42)N=[N+]3c2ccc(C3CC3)cc2)=C[CH]1. The molecule has 32 heavy (non-hydrogen) atoms. The molecule has 6 heteroatoms. The number of hydrogen-bond donors (Lipinski definition) is 0. The summed E-state index contributed by atoms with van der Waals surface area (Å²) in [7, 11) is 5.83. The summed E-state index contributed by atoms with van der Waals surface area (Å²) in [5, 5.41) is 5.08. The Bertz CT molecular complexity index is 1080. The van der Waals surface area contributed by atoms with Crippen molar-refractivity contribution in [2.45, 2.75) is 69.9 Å². The van der Waals surface area contributed by atoms with Gasteiger partial charge in [-0.2, -0.15) is 0 Å². The van der Waals surface area contributed by atoms with Crippen molar-refractivity contribution in [3.63, 3.8) is 0 Å². The number of allylic oxidation sites excluding steroid dienone is 2. The van der Waals surface area contributed by atoms with Crippen molar-refractivity contribution in [1.29, 1.82) is 0 Å². The maximum absolute atomic E-state index is 13.6. The number of carbonyl (C=O) groups is 1. The lowest BCUT2D eigenvalue weighted by Gasteiger charge is -2.38. The van der Waals surface area contributed by atoms with Gasteiger partial charge in [0.25, 0.3) is 11.9 Å². The lowest BCUT2D eigenvalue weighted by Crippen LogP contribution is -2.49. The fraction of sp³-hybridized carbons (Fsp3) is 0.462. The maximum atomic E-state index is 13.6. The van der Waals surface area contributed by atoms with Gasteiger partial charge in [-0.1, -0.05) is 29.3 Å². The molecule has 1 amide bonds. The molecule has 2 unspecified atom stereocenters. The summed E-state index contributed by atoms with van der Waals surface area (Å²) in [5.74, 6) is 0.851. The van der Waals surface area contributed by atoms with Crippen LogP contribution < -0.4 is 0 Å². The zero-order valence-electron chi connectivity index (χ0n) is 18.6. The summed E-state index contributed by atoms with van der Waals surface area (Å²) in [6.45, 7) is 2.66. The highest BCUT2D eigenvalue weighted by molar-refractivity contribution is 6.62. The third-order valence-electron chi connectivity index (χ3n) is 7.46. The van der Waals surface area contributed by atoms with Gasteiger partial charge in [-0.15, -0.1) is 0 Å². The number of hydrogen-bond acceptors (Lipinski definition) is 3. The second-order valence-corrected chi connectivity index (χ2v) is 9.61. The van der Waals surface area contributed by atoms with E-state index in [0.29, 0.717) is 12.2 Å². The third kappa shape index (κ3) is 3.39. The Morgan fingerprint density at radius 1 is 1.12 bits per heavy atom. The van der Waals surface area contributed by atoms with Crippen LogP contribution in [0.3, 0.4) is 0 Å². The summed E-state index contributed by atoms with van der Waals surface area (Å²) in [6.07, 6.45) is 11.3. The molecular weight excluding hydrogens is 395 g/mol. The molecule has 5 aliphatic rings. The van der Waals surface area contributed by atoms with Gasteiger partial charge in [0.05, 0.1) is 17.7 Å². The molecule has 4 radical (unpaired) electrons. The van der Waals surface area contributed by atoms with Crippen LogP contribution in [0.25, 0.3) is 0 Å². The molecule has 6 rings (SSSR count). The van der Waals surface area contributed by atoms with Crippen molar-refractivity contribution < 1.29 is 9.49 Å². The van der Waals surface area contributed by atoms with Crippen molar-refractivity contribution in [3.8, 4) is 0 Å². The van der Waals surface area contributed by atoms with Crippen LogP contribution >= 0.6 is 0 Å². The number of carbonyl (C=O) groups excluding carboxylic acids is 1. The third-order valence-corrected chi connectivity index (χ3v) is 7.46. The highest BCUT2D eigenvalue weighted by Crippen LogP contribution is 2.47. The smallest absolute Gasteiger partial charge is 0.291 e. The lowest BCUT2D eigenvalue weighted by atomic mass is 9.86. The number of aliphatic imine (C=N–C) groups is 1. The molecule has 3 heterocycles. The Morgan fingerprint density at radius 3 is 2.69 bits per heavy atom. The van der Waals surface area contributed by atoms with Gasteiger partial charge in [-0.3, -0.25) is 9.79 Å². The molecule has 1 saturated heterocycles. The monoisotopic (exact) mass is 423 g/mol. The van der Waals surface area contributed by atoms with E-state index >= 15 is 0 Å². The number of nitrogens with zero attached hydrogens (tertiary/aromatic N) is 4. The van der Waals surface area contributed by atoms with Crippen molar-refractivity contribution in [2.24, 2.45) is 10.1 Å². The van der Waals surface area contributed by atoms with Gasteiger partial charge in [0, 0.05) is 37.1 Å². The first kappa shape index (κ1) is 20.1. The quantitative estimate of drug-likeness (QED) is 0.512. The number of amides is 1. The lowest BCUT2D eigenvalue weighted by molar-refractivity contribution is -0.487. The average Bonchev–Trinajstić information content (AvgIpc) is 3.60. The minimum absolute atomic E-state index is 0.0926. The van der Waals surface area contributed by atoms with Gasteiger partial charge in [-0.25, -0.2) is 0 Å². The number of likely N-dealkylation sites (tertiary alicyclic amines) is 1. The standard InChI is InChI=1S/C26H28BN4O/c1-16-20(12-13-24(27)28-16)26(32)30-15-14-23-25-21(4-2-3-5-22(25)30)29-31(23)19-10-8-18(9-11-19)17-6-7-17/h8-13,16-17,22H,2-7,14-15H2,1H3/q+1. The molecule has 0 spiro atoms. The molecule has 2 aliphatic carbocycles. The van der Waals surface area contributed by atoms with E-state index in [2.05, 4.69) is 38.9 Å². The van der Waals surface area contributed by atoms with E-state index in [1.165, 1.54) is 35.7 Å². The normalized spacial score (nSPS) is 28.0. The Balaban J connectivity index is 1.28. The van der Waals surface area contributed by atoms with Crippen molar-refractivity contribution in [3.05, 3.63) is 65.2 Å².